The molecule has 1 saturated carbocycles. The molecule has 3 nitrogen and oxygen atoms in total. The summed E-state index contributed by atoms with van der Waals surface area (Å²) in [7, 11) is 0. The Bertz CT molecular complexity index is 462. The van der Waals surface area contributed by atoms with Gasteiger partial charge < -0.3 is 14.2 Å². The number of rotatable bonds is 2. The van der Waals surface area contributed by atoms with Crippen molar-refractivity contribution in [3.8, 4) is 0 Å². The van der Waals surface area contributed by atoms with Crippen molar-refractivity contribution in [2.45, 2.75) is 50.0 Å². The first-order valence-electron chi connectivity index (χ1n) is 7.43. The van der Waals surface area contributed by atoms with E-state index in [9.17, 15) is 4.39 Å². The Morgan fingerprint density at radius 2 is 1.80 bits per heavy atom. The average molecular weight is 278 g/mol. The highest BCUT2D eigenvalue weighted by Crippen LogP contribution is 2.43. The summed E-state index contributed by atoms with van der Waals surface area (Å²) in [5.74, 6) is 0.415. The van der Waals surface area contributed by atoms with Crippen LogP contribution in [0.1, 0.15) is 31.1 Å². The van der Waals surface area contributed by atoms with Crippen molar-refractivity contribution in [3.05, 3.63) is 35.9 Å². The Morgan fingerprint density at radius 1 is 1.00 bits per heavy atom. The Hall–Kier alpha value is -0.970. The second kappa shape index (κ2) is 5.10. The van der Waals surface area contributed by atoms with Gasteiger partial charge in [0.1, 0.15) is 12.3 Å². The fourth-order valence-electron chi connectivity index (χ4n) is 3.17. The van der Waals surface area contributed by atoms with Crippen LogP contribution < -0.4 is 0 Å². The predicted octanol–water partition coefficient (Wildman–Crippen LogP) is 3.01. The first-order valence-corrected chi connectivity index (χ1v) is 7.43. The second-order valence-electron chi connectivity index (χ2n) is 5.98. The molecule has 3 unspecified atom stereocenters. The van der Waals surface area contributed by atoms with E-state index < -0.39 is 12.5 Å². The summed E-state index contributed by atoms with van der Waals surface area (Å²) in [4.78, 5) is 0. The van der Waals surface area contributed by atoms with E-state index in [0.29, 0.717) is 18.9 Å². The molecular weight excluding hydrogens is 259 g/mol. The zero-order valence-electron chi connectivity index (χ0n) is 11.3. The Balaban J connectivity index is 1.45. The fourth-order valence-corrected chi connectivity index (χ4v) is 3.17. The summed E-state index contributed by atoms with van der Waals surface area (Å²) >= 11 is 0. The van der Waals surface area contributed by atoms with Crippen molar-refractivity contribution >= 4 is 0 Å². The molecule has 0 amide bonds. The van der Waals surface area contributed by atoms with Crippen LogP contribution in [0.4, 0.5) is 4.39 Å². The van der Waals surface area contributed by atoms with Crippen molar-refractivity contribution < 1.29 is 18.6 Å². The van der Waals surface area contributed by atoms with E-state index in [-0.39, 0.29) is 18.3 Å². The van der Waals surface area contributed by atoms with Gasteiger partial charge in [-0.1, -0.05) is 30.3 Å². The molecule has 4 heteroatoms. The summed E-state index contributed by atoms with van der Waals surface area (Å²) in [6, 6.07) is 9.79. The van der Waals surface area contributed by atoms with Gasteiger partial charge in [-0.2, -0.15) is 0 Å². The summed E-state index contributed by atoms with van der Waals surface area (Å²) in [5, 5.41) is 0. The molecule has 20 heavy (non-hydrogen) atoms. The van der Waals surface area contributed by atoms with Gasteiger partial charge in [0.2, 0.25) is 0 Å². The first-order chi connectivity index (χ1) is 9.81. The van der Waals surface area contributed by atoms with Crippen LogP contribution in [0.15, 0.2) is 30.3 Å². The minimum absolute atomic E-state index is 0.118. The van der Waals surface area contributed by atoms with E-state index in [0.717, 1.165) is 18.4 Å². The normalized spacial score (nSPS) is 41.1. The van der Waals surface area contributed by atoms with Gasteiger partial charge in [0.05, 0.1) is 18.8 Å². The van der Waals surface area contributed by atoms with Crippen LogP contribution in [0.3, 0.4) is 0 Å². The van der Waals surface area contributed by atoms with Crippen molar-refractivity contribution in [1.82, 2.24) is 0 Å². The lowest BCUT2D eigenvalue weighted by molar-refractivity contribution is -0.298. The maximum Gasteiger partial charge on any atom is 0.184 e. The Morgan fingerprint density at radius 3 is 2.55 bits per heavy atom. The first kappa shape index (κ1) is 12.7. The van der Waals surface area contributed by atoms with Gasteiger partial charge in [0, 0.05) is 12.0 Å². The molecule has 1 aromatic carbocycles. The molecule has 2 saturated heterocycles. The Labute approximate surface area is 118 Å². The van der Waals surface area contributed by atoms with Gasteiger partial charge in [-0.3, -0.25) is 0 Å². The minimum atomic E-state index is -0.904. The predicted molar refractivity (Wildman–Crippen MR) is 70.9 cm³/mol. The third-order valence-corrected chi connectivity index (χ3v) is 4.43. The lowest BCUT2D eigenvalue weighted by Gasteiger charge is -2.43. The molecule has 5 atom stereocenters. The average Bonchev–Trinajstić information content (AvgIpc) is 3.31. The lowest BCUT2D eigenvalue weighted by atomic mass is 9.96. The molecule has 1 aliphatic carbocycles. The van der Waals surface area contributed by atoms with E-state index in [1.54, 1.807) is 0 Å². The van der Waals surface area contributed by atoms with Crippen LogP contribution in [0, 0.1) is 5.92 Å². The fraction of sp³-hybridized carbons (Fsp3) is 0.625. The maximum atomic E-state index is 14.2. The van der Waals surface area contributed by atoms with Crippen LogP contribution in [-0.4, -0.2) is 31.1 Å². The number of fused-ring (bicyclic) bond motifs is 1. The quantitative estimate of drug-likeness (QED) is 0.832. The van der Waals surface area contributed by atoms with E-state index in [1.807, 2.05) is 30.3 Å². The standard InChI is InChI=1S/C16H19FO3/c17-12-8-13-14(19-15(12)10-6-7-10)9-18-16(20-13)11-4-2-1-3-5-11/h1-5,10,12-16H,6-9H2/t12-,13+,14?,15?,16?/m1/s1. The molecule has 108 valence electrons. The maximum absolute atomic E-state index is 14.2. The minimum Gasteiger partial charge on any atom is -0.367 e. The van der Waals surface area contributed by atoms with E-state index in [1.165, 1.54) is 0 Å². The molecule has 0 aromatic heterocycles. The highest BCUT2D eigenvalue weighted by atomic mass is 19.1. The number of ether oxygens (including phenoxy) is 3. The second-order valence-corrected chi connectivity index (χ2v) is 5.98. The van der Waals surface area contributed by atoms with Crippen LogP contribution in [0.5, 0.6) is 0 Å². The van der Waals surface area contributed by atoms with Gasteiger partial charge in [-0.25, -0.2) is 4.39 Å². The molecule has 2 aliphatic heterocycles. The van der Waals surface area contributed by atoms with Gasteiger partial charge >= 0.3 is 0 Å². The summed E-state index contributed by atoms with van der Waals surface area (Å²) in [5.41, 5.74) is 0.977. The topological polar surface area (TPSA) is 27.7 Å². The summed E-state index contributed by atoms with van der Waals surface area (Å²) < 4.78 is 31.7. The van der Waals surface area contributed by atoms with Crippen LogP contribution >= 0.6 is 0 Å². The van der Waals surface area contributed by atoms with E-state index in [2.05, 4.69) is 0 Å². The van der Waals surface area contributed by atoms with Gasteiger partial charge in [0.15, 0.2) is 6.29 Å². The highest BCUT2D eigenvalue weighted by molar-refractivity contribution is 5.16. The number of alkyl halides is 1. The largest absolute Gasteiger partial charge is 0.367 e. The van der Waals surface area contributed by atoms with Crippen molar-refractivity contribution in [2.24, 2.45) is 5.92 Å². The molecule has 3 fully saturated rings. The van der Waals surface area contributed by atoms with Crippen LogP contribution in [-0.2, 0) is 14.2 Å². The summed E-state index contributed by atoms with van der Waals surface area (Å²) in [6.45, 7) is 0.486. The molecule has 4 rings (SSSR count). The lowest BCUT2D eigenvalue weighted by Crippen LogP contribution is -2.52. The summed E-state index contributed by atoms with van der Waals surface area (Å²) in [6.07, 6.45) is 0.763. The number of hydrogen-bond donors (Lipinski definition) is 0. The van der Waals surface area contributed by atoms with Gasteiger partial charge in [0.25, 0.3) is 0 Å². The smallest absolute Gasteiger partial charge is 0.184 e. The van der Waals surface area contributed by atoms with Crippen molar-refractivity contribution in [1.29, 1.82) is 0 Å². The highest BCUT2D eigenvalue weighted by Gasteiger charge is 2.48. The zero-order valence-corrected chi connectivity index (χ0v) is 11.3. The van der Waals surface area contributed by atoms with Crippen molar-refractivity contribution in [2.75, 3.05) is 6.61 Å². The van der Waals surface area contributed by atoms with Gasteiger partial charge in [-0.05, 0) is 18.8 Å². The molecular formula is C16H19FO3. The number of benzene rings is 1. The molecule has 0 N–H and O–H groups in total. The van der Waals surface area contributed by atoms with Crippen LogP contribution in [0.2, 0.25) is 0 Å². The Kier molecular flexibility index (Phi) is 3.25. The van der Waals surface area contributed by atoms with Crippen molar-refractivity contribution in [3.63, 3.8) is 0 Å². The molecule has 3 aliphatic rings. The van der Waals surface area contributed by atoms with Crippen LogP contribution in [0.25, 0.3) is 0 Å². The molecule has 0 radical (unpaired) electrons. The zero-order chi connectivity index (χ0) is 13.5. The third kappa shape index (κ3) is 2.36. The number of halogens is 1. The molecule has 0 spiro atoms. The number of hydrogen-bond acceptors (Lipinski definition) is 3. The SMILES string of the molecule is F[C@@H]1C[C@@H]2OC(c3ccccc3)OCC2OC1C1CC1. The van der Waals surface area contributed by atoms with Gasteiger partial charge in [-0.15, -0.1) is 0 Å². The third-order valence-electron chi connectivity index (χ3n) is 4.43. The van der Waals surface area contributed by atoms with E-state index in [4.69, 9.17) is 14.2 Å². The molecule has 1 aromatic rings. The molecule has 0 bridgehead atoms. The van der Waals surface area contributed by atoms with E-state index >= 15 is 0 Å². The molecule has 2 heterocycles. The monoisotopic (exact) mass is 278 g/mol.